The van der Waals surface area contributed by atoms with Crippen LogP contribution in [0.3, 0.4) is 0 Å². The number of rotatable bonds is 12. The van der Waals surface area contributed by atoms with Crippen LogP contribution in [0.1, 0.15) is 22.3 Å². The van der Waals surface area contributed by atoms with E-state index in [1.54, 1.807) is 36.7 Å². The van der Waals surface area contributed by atoms with Gasteiger partial charge < -0.3 is 20.8 Å². The van der Waals surface area contributed by atoms with E-state index in [4.69, 9.17) is 0 Å². The summed E-state index contributed by atoms with van der Waals surface area (Å²) in [6, 6.07) is 38.1. The Kier molecular flexibility index (Phi) is 11.7. The fourth-order valence-corrected chi connectivity index (χ4v) is 4.61. The number of benzene rings is 5. The molecule has 0 bridgehead atoms. The van der Waals surface area contributed by atoms with Crippen molar-refractivity contribution in [1.29, 1.82) is 0 Å². The molecule has 0 unspecified atom stereocenters. The second-order valence-electron chi connectivity index (χ2n) is 10.3. The predicted octanol–water partition coefficient (Wildman–Crippen LogP) is 8.93. The molecular weight excluding hydrogens is 740 g/mol. The number of allylic oxidation sites excluding steroid dienone is 2. The fraction of sp³-hybridized carbons (Fsp3) is 0.0526. The molecule has 45 heavy (non-hydrogen) atoms. The maximum Gasteiger partial charge on any atom is 0.124 e. The number of anilines is 2. The van der Waals surface area contributed by atoms with Crippen LogP contribution in [0.2, 0.25) is 0 Å². The van der Waals surface area contributed by atoms with Crippen molar-refractivity contribution in [3.8, 4) is 11.5 Å². The van der Waals surface area contributed by atoms with Gasteiger partial charge in [0.25, 0.3) is 0 Å². The minimum atomic E-state index is 0. The van der Waals surface area contributed by atoms with Crippen molar-refractivity contribution in [2.45, 2.75) is 12.8 Å². The van der Waals surface area contributed by atoms with E-state index in [2.05, 4.69) is 58.0 Å². The zero-order valence-corrected chi connectivity index (χ0v) is 26.9. The zero-order chi connectivity index (χ0) is 30.7. The summed E-state index contributed by atoms with van der Waals surface area (Å²) >= 11 is 0. The average Bonchev–Trinajstić information content (AvgIpc) is 3.03. The Balaban J connectivity index is 0.00000461. The van der Waals surface area contributed by atoms with E-state index in [-0.39, 0.29) is 32.6 Å². The first-order chi connectivity index (χ1) is 21.4. The summed E-state index contributed by atoms with van der Waals surface area (Å²) in [6.45, 7) is 8.28. The van der Waals surface area contributed by atoms with Gasteiger partial charge in [0.1, 0.15) is 11.5 Å². The van der Waals surface area contributed by atoms with E-state index in [1.165, 1.54) is 0 Å². The van der Waals surface area contributed by atoms with Crippen LogP contribution >= 0.6 is 0 Å². The van der Waals surface area contributed by atoms with E-state index in [0.717, 1.165) is 33.9 Å². The van der Waals surface area contributed by atoms with E-state index < -0.39 is 0 Å². The van der Waals surface area contributed by atoms with Gasteiger partial charge in [-0.3, -0.25) is 9.98 Å². The van der Waals surface area contributed by atoms with E-state index in [1.807, 2.05) is 72.8 Å². The van der Waals surface area contributed by atoms with Crippen molar-refractivity contribution in [1.82, 2.24) is 0 Å². The Labute approximate surface area is 278 Å². The predicted molar refractivity (Wildman–Crippen MR) is 183 cm³/mol. The smallest absolute Gasteiger partial charge is 0.124 e. The summed E-state index contributed by atoms with van der Waals surface area (Å²) in [5.74, 6) is 0.217. The molecule has 5 aromatic rings. The van der Waals surface area contributed by atoms with Crippen molar-refractivity contribution < 1.29 is 31.3 Å². The van der Waals surface area contributed by atoms with Crippen molar-refractivity contribution in [3.63, 3.8) is 0 Å². The van der Waals surface area contributed by atoms with Gasteiger partial charge in [0.2, 0.25) is 0 Å². The van der Waals surface area contributed by atoms with Crippen molar-refractivity contribution in [2.75, 3.05) is 10.6 Å². The molecule has 0 saturated carbocycles. The van der Waals surface area contributed by atoms with Gasteiger partial charge in [-0.2, -0.15) is 0 Å². The second kappa shape index (κ2) is 16.0. The molecule has 0 atom stereocenters. The molecule has 0 fully saturated rings. The molecule has 5 rings (SSSR count). The molecule has 7 heteroatoms. The number of aliphatic imine (C=N–C) groups is 2. The van der Waals surface area contributed by atoms with Crippen LogP contribution in [0.5, 0.6) is 11.5 Å². The van der Waals surface area contributed by atoms with Crippen LogP contribution < -0.4 is 10.6 Å². The third kappa shape index (κ3) is 9.65. The van der Waals surface area contributed by atoms with Crippen molar-refractivity contribution >= 4 is 35.2 Å². The molecule has 0 heterocycles. The Bertz CT molecular complexity index is 1690. The molecule has 5 aromatic carbocycles. The zero-order valence-electron chi connectivity index (χ0n) is 24.6. The first kappa shape index (κ1) is 32.7. The number of para-hydroxylation sites is 2. The molecule has 0 radical (unpaired) electrons. The van der Waals surface area contributed by atoms with Crippen LogP contribution in [0.15, 0.2) is 156 Å². The van der Waals surface area contributed by atoms with Crippen LogP contribution in [-0.4, -0.2) is 22.6 Å². The minimum absolute atomic E-state index is 0. The topological polar surface area (TPSA) is 89.2 Å². The van der Waals surface area contributed by atoms with Gasteiger partial charge in [-0.1, -0.05) is 86.0 Å². The third-order valence-corrected chi connectivity index (χ3v) is 6.79. The van der Waals surface area contributed by atoms with E-state index >= 15 is 0 Å². The minimum Gasteiger partial charge on any atom is -0.507 e. The molecule has 6 nitrogen and oxygen atoms in total. The average molecular weight is 774 g/mol. The second-order valence-corrected chi connectivity index (χ2v) is 10.3. The molecule has 0 aliphatic heterocycles. The van der Waals surface area contributed by atoms with E-state index in [0.29, 0.717) is 35.3 Å². The first-order valence-electron chi connectivity index (χ1n) is 14.2. The monoisotopic (exact) mass is 773 g/mol. The molecule has 228 valence electrons. The molecule has 0 amide bonds. The molecule has 0 saturated heterocycles. The van der Waals surface area contributed by atoms with Gasteiger partial charge in [0.05, 0.1) is 11.4 Å². The Hall–Kier alpha value is -5.19. The number of phenols is 2. The fourth-order valence-electron chi connectivity index (χ4n) is 4.61. The summed E-state index contributed by atoms with van der Waals surface area (Å²) in [6.07, 6.45) is 4.59. The van der Waals surface area contributed by atoms with Gasteiger partial charge in [-0.25, -0.2) is 0 Å². The molecular formula is C38H34N4O2Pt. The van der Waals surface area contributed by atoms with Gasteiger partial charge in [-0.15, -0.1) is 0 Å². The summed E-state index contributed by atoms with van der Waals surface area (Å²) in [5.41, 5.74) is 7.92. The number of aromatic hydroxyl groups is 2. The maximum atomic E-state index is 10.5. The number of hydrogen-bond donors (Lipinski definition) is 4. The van der Waals surface area contributed by atoms with Crippen molar-refractivity contribution in [3.05, 3.63) is 168 Å². The van der Waals surface area contributed by atoms with Gasteiger partial charge >= 0.3 is 0 Å². The first-order valence-corrected chi connectivity index (χ1v) is 14.2. The quantitative estimate of drug-likeness (QED) is 0.0754. The summed E-state index contributed by atoms with van der Waals surface area (Å²) < 4.78 is 0. The standard InChI is InChI=1S/C38H34N4O2.Pt/c1-27(21-29-11-5-3-6-12-29)41-33-17-19-37(43)31(23-33)25-39-35-15-9-10-16-36(35)40-26-32-24-34(18-20-38(32)44)42-28(2)22-30-13-7-4-8-14-30;/h3-20,23-26,41-44H,1-2,21-22H2;. The summed E-state index contributed by atoms with van der Waals surface area (Å²) in [7, 11) is 0. The Morgan fingerprint density at radius 1 is 0.556 bits per heavy atom. The molecule has 4 N–H and O–H groups in total. The van der Waals surface area contributed by atoms with Crippen LogP contribution in [0, 0.1) is 0 Å². The molecule has 0 aliphatic rings. The third-order valence-electron chi connectivity index (χ3n) is 6.79. The van der Waals surface area contributed by atoms with Gasteiger partial charge in [0, 0.05) is 80.2 Å². The number of nitrogens with zero attached hydrogens (tertiary/aromatic N) is 2. The van der Waals surface area contributed by atoms with Gasteiger partial charge in [-0.05, 0) is 59.7 Å². The Morgan fingerprint density at radius 3 is 1.33 bits per heavy atom. The van der Waals surface area contributed by atoms with E-state index in [9.17, 15) is 10.2 Å². The number of phenolic OH excluding ortho intramolecular Hbond substituents is 2. The van der Waals surface area contributed by atoms with Crippen molar-refractivity contribution in [2.24, 2.45) is 9.98 Å². The molecule has 0 aromatic heterocycles. The number of nitrogens with one attached hydrogen (secondary N) is 2. The van der Waals surface area contributed by atoms with Crippen LogP contribution in [0.25, 0.3) is 0 Å². The SMILES string of the molecule is C=C(Cc1ccccc1)Nc1ccc(O)c(C=Nc2ccccc2N=Cc2cc(NC(=C)Cc3ccccc3)ccc2O)c1.[Pt]. The van der Waals surface area contributed by atoms with Crippen LogP contribution in [0.4, 0.5) is 22.7 Å². The summed E-state index contributed by atoms with van der Waals surface area (Å²) in [5, 5.41) is 27.6. The molecule has 0 spiro atoms. The Morgan fingerprint density at radius 2 is 0.933 bits per heavy atom. The maximum absolute atomic E-state index is 10.5. The number of hydrogen-bond acceptors (Lipinski definition) is 6. The van der Waals surface area contributed by atoms with Crippen LogP contribution in [-0.2, 0) is 33.9 Å². The largest absolute Gasteiger partial charge is 0.507 e. The normalized spacial score (nSPS) is 10.8. The molecule has 0 aliphatic carbocycles. The van der Waals surface area contributed by atoms with Gasteiger partial charge in [0.15, 0.2) is 0 Å². The summed E-state index contributed by atoms with van der Waals surface area (Å²) in [4.78, 5) is 9.24.